The fourth-order valence-corrected chi connectivity index (χ4v) is 8.78. The summed E-state index contributed by atoms with van der Waals surface area (Å²) in [5, 5.41) is -2.83. The maximum absolute atomic E-state index is 16.5. The minimum Gasteiger partial charge on any atom is -0.443 e. The first kappa shape index (κ1) is 51.5. The van der Waals surface area contributed by atoms with Gasteiger partial charge in [-0.25, -0.2) is 28.1 Å². The monoisotopic (exact) mass is 901 g/mol. The molecule has 0 spiro atoms. The largest absolute Gasteiger partial charge is 0.509 e. The molecule has 1 aliphatic rings. The van der Waals surface area contributed by atoms with E-state index in [1.165, 1.54) is 0 Å². The minimum absolute atomic E-state index is 0.108. The molecule has 1 aromatic rings. The number of phosphoric ester groups is 1. The average Bonchev–Trinajstić information content (AvgIpc) is 3.35. The SMILES string of the molecule is CC(C)C(=O)SCCOP(=O)(OCCSC(=O)C(C)C)OC[C@H]1S[C@@H](n2ccc(N(C(=O)OC(C)(C)C)C(=O)OC(C)(C)C)nc2=O)[C@@H](F)[C@@H]1OC(=O)OC(C)(C)C. The lowest BCUT2D eigenvalue weighted by Gasteiger charge is -2.28. The Morgan fingerprint density at radius 1 is 0.828 bits per heavy atom. The van der Waals surface area contributed by atoms with Gasteiger partial charge in [0.05, 0.1) is 25.1 Å². The molecule has 2 amide bonds. The zero-order chi connectivity index (χ0) is 44.4. The van der Waals surface area contributed by atoms with Gasteiger partial charge in [-0.1, -0.05) is 51.2 Å². The normalized spacial score (nSPS) is 18.9. The van der Waals surface area contributed by atoms with Gasteiger partial charge in [-0.3, -0.25) is 27.7 Å². The molecule has 0 unspecified atom stereocenters. The highest BCUT2D eigenvalue weighted by Crippen LogP contribution is 2.52. The Labute approximate surface area is 351 Å². The summed E-state index contributed by atoms with van der Waals surface area (Å²) >= 11 is 2.70. The van der Waals surface area contributed by atoms with Crippen molar-refractivity contribution in [3.05, 3.63) is 22.7 Å². The number of alkyl halides is 1. The summed E-state index contributed by atoms with van der Waals surface area (Å²) in [5.41, 5.74) is -4.23. The molecule has 0 aliphatic carbocycles. The Kier molecular flexibility index (Phi) is 19.3. The molecular formula is C36H57FN3O14PS3. The number of ether oxygens (including phenoxy) is 4. The maximum atomic E-state index is 16.5. The number of amides is 2. The topological polar surface area (TPSA) is 205 Å². The van der Waals surface area contributed by atoms with E-state index in [4.69, 9.17) is 32.5 Å². The van der Waals surface area contributed by atoms with Crippen molar-refractivity contribution in [2.75, 3.05) is 36.2 Å². The van der Waals surface area contributed by atoms with E-state index in [-0.39, 0.29) is 46.8 Å². The van der Waals surface area contributed by atoms with Crippen LogP contribution in [0.25, 0.3) is 0 Å². The zero-order valence-corrected chi connectivity index (χ0v) is 38.6. The number of phosphoric acid groups is 1. The van der Waals surface area contributed by atoms with Gasteiger partial charge < -0.3 is 18.9 Å². The molecule has 1 fully saturated rings. The first-order chi connectivity index (χ1) is 26.5. The molecule has 22 heteroatoms. The predicted octanol–water partition coefficient (Wildman–Crippen LogP) is 8.18. The van der Waals surface area contributed by atoms with Crippen molar-refractivity contribution in [3.8, 4) is 0 Å². The van der Waals surface area contributed by atoms with E-state index in [0.717, 1.165) is 52.1 Å². The number of halogens is 1. The summed E-state index contributed by atoms with van der Waals surface area (Å²) in [4.78, 5) is 81.2. The lowest BCUT2D eigenvalue weighted by molar-refractivity contribution is -0.114. The molecular weight excluding hydrogens is 845 g/mol. The molecule has 0 saturated carbocycles. The summed E-state index contributed by atoms with van der Waals surface area (Å²) in [5.74, 6) is -0.764. The van der Waals surface area contributed by atoms with Crippen LogP contribution in [0.3, 0.4) is 0 Å². The summed E-state index contributed by atoms with van der Waals surface area (Å²) in [6.45, 7) is 20.0. The van der Waals surface area contributed by atoms with Gasteiger partial charge in [0.25, 0.3) is 0 Å². The van der Waals surface area contributed by atoms with Crippen LogP contribution < -0.4 is 10.6 Å². The molecule has 4 atom stereocenters. The third-order valence-corrected chi connectivity index (χ3v) is 12.1. The lowest BCUT2D eigenvalue weighted by atomic mass is 10.1. The van der Waals surface area contributed by atoms with Gasteiger partial charge >= 0.3 is 31.9 Å². The lowest BCUT2D eigenvalue weighted by Crippen LogP contribution is -2.45. The average molecular weight is 902 g/mol. The summed E-state index contributed by atoms with van der Waals surface area (Å²) < 4.78 is 69.3. The molecule has 330 valence electrons. The fourth-order valence-electron chi connectivity index (χ4n) is 4.37. The quantitative estimate of drug-likeness (QED) is 0.0663. The Morgan fingerprint density at radius 2 is 1.29 bits per heavy atom. The molecule has 0 bridgehead atoms. The molecule has 58 heavy (non-hydrogen) atoms. The molecule has 0 N–H and O–H groups in total. The molecule has 1 aliphatic heterocycles. The van der Waals surface area contributed by atoms with Crippen LogP contribution in [0.2, 0.25) is 0 Å². The van der Waals surface area contributed by atoms with E-state index in [1.54, 1.807) is 90.0 Å². The van der Waals surface area contributed by atoms with E-state index < -0.39 is 84.0 Å². The van der Waals surface area contributed by atoms with Crippen molar-refractivity contribution < 1.29 is 65.4 Å². The van der Waals surface area contributed by atoms with Gasteiger partial charge in [0.1, 0.15) is 22.2 Å². The molecule has 1 saturated heterocycles. The van der Waals surface area contributed by atoms with Crippen LogP contribution >= 0.6 is 43.1 Å². The highest BCUT2D eigenvalue weighted by molar-refractivity contribution is 8.13. The number of anilines is 1. The molecule has 1 aromatic heterocycles. The van der Waals surface area contributed by atoms with Crippen LogP contribution in [0.15, 0.2) is 17.1 Å². The van der Waals surface area contributed by atoms with Crippen LogP contribution in [0, 0.1) is 11.8 Å². The number of aromatic nitrogens is 2. The molecule has 0 radical (unpaired) electrons. The second-order valence-electron chi connectivity index (χ2n) is 16.4. The van der Waals surface area contributed by atoms with E-state index in [1.807, 2.05) is 0 Å². The van der Waals surface area contributed by atoms with Crippen molar-refractivity contribution in [1.82, 2.24) is 9.55 Å². The number of thioether (sulfide) groups is 3. The zero-order valence-electron chi connectivity index (χ0n) is 35.3. The van der Waals surface area contributed by atoms with Gasteiger partial charge in [-0.05, 0) is 68.4 Å². The van der Waals surface area contributed by atoms with Crippen molar-refractivity contribution in [2.24, 2.45) is 11.8 Å². The Balaban J connectivity index is 2.46. The van der Waals surface area contributed by atoms with E-state index in [9.17, 15) is 33.3 Å². The highest BCUT2D eigenvalue weighted by atomic mass is 32.2. The Hall–Kier alpha value is -2.68. The van der Waals surface area contributed by atoms with Crippen LogP contribution in [0.5, 0.6) is 0 Å². The van der Waals surface area contributed by atoms with Gasteiger partial charge in [0, 0.05) is 29.5 Å². The van der Waals surface area contributed by atoms with Crippen LogP contribution in [-0.2, 0) is 46.7 Å². The van der Waals surface area contributed by atoms with Crippen molar-refractivity contribution in [1.29, 1.82) is 0 Å². The fraction of sp³-hybridized carbons (Fsp3) is 0.750. The van der Waals surface area contributed by atoms with Gasteiger partial charge in [-0.15, -0.1) is 11.8 Å². The number of carbonyl (C=O) groups is 5. The Morgan fingerprint density at radius 3 is 1.71 bits per heavy atom. The third kappa shape index (κ3) is 17.5. The highest BCUT2D eigenvalue weighted by Gasteiger charge is 2.50. The van der Waals surface area contributed by atoms with Crippen LogP contribution in [-0.4, -0.2) is 104 Å². The Bertz CT molecular complexity index is 1650. The first-order valence-corrected chi connectivity index (χ1v) is 22.8. The third-order valence-electron chi connectivity index (χ3n) is 6.85. The number of rotatable bonds is 16. The molecule has 17 nitrogen and oxygen atoms in total. The van der Waals surface area contributed by atoms with E-state index in [2.05, 4.69) is 4.98 Å². The smallest absolute Gasteiger partial charge is 0.443 e. The number of carbonyl (C=O) groups excluding carboxylic acids is 5. The van der Waals surface area contributed by atoms with Crippen molar-refractivity contribution in [3.63, 3.8) is 0 Å². The number of nitrogens with zero attached hydrogens (tertiary/aromatic N) is 3. The number of hydrogen-bond acceptors (Lipinski definition) is 18. The summed E-state index contributed by atoms with van der Waals surface area (Å²) in [7, 11) is -4.45. The second kappa shape index (κ2) is 21.7. The molecule has 0 aromatic carbocycles. The summed E-state index contributed by atoms with van der Waals surface area (Å²) in [6, 6.07) is 1.11. The van der Waals surface area contributed by atoms with Crippen LogP contribution in [0.4, 0.5) is 24.6 Å². The van der Waals surface area contributed by atoms with Crippen molar-refractivity contribution >= 4 is 77.5 Å². The predicted molar refractivity (Wildman–Crippen MR) is 220 cm³/mol. The van der Waals surface area contributed by atoms with Gasteiger partial charge in [0.15, 0.2) is 28.3 Å². The van der Waals surface area contributed by atoms with E-state index in [0.29, 0.717) is 4.90 Å². The molecule has 2 rings (SSSR count). The minimum atomic E-state index is -4.45. The van der Waals surface area contributed by atoms with E-state index >= 15 is 4.39 Å². The standard InChI is InChI=1S/C36H57FN3O14PS3/c1-21(2)28(41)56-18-16-48-55(47,49-17-19-57-29(42)22(3)4)50-20-23-26(51-33(46)54-36(11,12)13)25(37)27(58-23)39-15-14-24(38-30(39)43)40(31(44)52-34(5,6)7)32(45)53-35(8,9)10/h14-15,21-23,25-27H,16-20H2,1-13H3/t23-,25+,26-,27-/m1/s1. The molecule has 2 heterocycles. The second-order valence-corrected chi connectivity index (χ2v) is 21.6. The summed E-state index contributed by atoms with van der Waals surface area (Å²) in [6.07, 6.45) is -6.28. The maximum Gasteiger partial charge on any atom is 0.509 e. The van der Waals surface area contributed by atoms with Gasteiger partial charge in [-0.2, -0.15) is 9.88 Å². The number of imide groups is 1. The number of hydrogen-bond donors (Lipinski definition) is 0. The van der Waals surface area contributed by atoms with Gasteiger partial charge in [0.2, 0.25) is 0 Å². The van der Waals surface area contributed by atoms with Crippen LogP contribution in [0.1, 0.15) is 95.4 Å². The van der Waals surface area contributed by atoms with Crippen molar-refractivity contribution in [2.45, 2.75) is 130 Å². The first-order valence-electron chi connectivity index (χ1n) is 18.4.